The van der Waals surface area contributed by atoms with E-state index in [0.29, 0.717) is 12.8 Å². The largest absolute Gasteiger partial charge is 0.338 e. The van der Waals surface area contributed by atoms with Gasteiger partial charge in [-0.25, -0.2) is 0 Å². The molecule has 1 aromatic carbocycles. The highest BCUT2D eigenvalue weighted by Crippen LogP contribution is 2.17. The minimum atomic E-state index is -0.774. The maximum absolute atomic E-state index is 12.1. The SMILES string of the molecule is CCC(C)(C#N)NC(=O)Cc1c(C)cc(C)cc1C. The van der Waals surface area contributed by atoms with Gasteiger partial charge in [-0.3, -0.25) is 4.79 Å². The summed E-state index contributed by atoms with van der Waals surface area (Å²) < 4.78 is 0. The third kappa shape index (κ3) is 3.82. The van der Waals surface area contributed by atoms with E-state index in [1.165, 1.54) is 5.56 Å². The zero-order valence-corrected chi connectivity index (χ0v) is 12.4. The molecule has 0 saturated carbocycles. The van der Waals surface area contributed by atoms with E-state index >= 15 is 0 Å². The molecule has 0 aliphatic rings. The quantitative estimate of drug-likeness (QED) is 0.902. The Morgan fingerprint density at radius 3 is 2.26 bits per heavy atom. The van der Waals surface area contributed by atoms with Crippen molar-refractivity contribution in [3.05, 3.63) is 34.4 Å². The Morgan fingerprint density at radius 1 is 1.32 bits per heavy atom. The molecule has 0 bridgehead atoms. The Labute approximate surface area is 115 Å². The van der Waals surface area contributed by atoms with Crippen molar-refractivity contribution in [2.24, 2.45) is 0 Å². The third-order valence-electron chi connectivity index (χ3n) is 3.55. The van der Waals surface area contributed by atoms with Gasteiger partial charge in [0.25, 0.3) is 0 Å². The molecule has 1 rings (SSSR count). The number of carbonyl (C=O) groups is 1. The smallest absolute Gasteiger partial charge is 0.225 e. The minimum Gasteiger partial charge on any atom is -0.338 e. The Morgan fingerprint density at radius 2 is 1.84 bits per heavy atom. The molecular weight excluding hydrogens is 236 g/mol. The molecule has 0 fully saturated rings. The predicted molar refractivity (Wildman–Crippen MR) is 76.8 cm³/mol. The molecule has 1 unspecified atom stereocenters. The number of nitrogens with one attached hydrogen (secondary N) is 1. The maximum Gasteiger partial charge on any atom is 0.225 e. The first kappa shape index (κ1) is 15.2. The van der Waals surface area contributed by atoms with E-state index in [4.69, 9.17) is 5.26 Å². The summed E-state index contributed by atoms with van der Waals surface area (Å²) >= 11 is 0. The van der Waals surface area contributed by atoms with Crippen LogP contribution in [0.25, 0.3) is 0 Å². The van der Waals surface area contributed by atoms with E-state index < -0.39 is 5.54 Å². The Kier molecular flexibility index (Phi) is 4.72. The van der Waals surface area contributed by atoms with Crippen molar-refractivity contribution < 1.29 is 4.79 Å². The van der Waals surface area contributed by atoms with Gasteiger partial charge in [0.15, 0.2) is 0 Å². The third-order valence-corrected chi connectivity index (χ3v) is 3.55. The number of carbonyl (C=O) groups excluding carboxylic acids is 1. The first-order valence-electron chi connectivity index (χ1n) is 6.60. The van der Waals surface area contributed by atoms with Gasteiger partial charge < -0.3 is 5.32 Å². The topological polar surface area (TPSA) is 52.9 Å². The van der Waals surface area contributed by atoms with E-state index in [-0.39, 0.29) is 5.91 Å². The van der Waals surface area contributed by atoms with Crippen LogP contribution in [0.15, 0.2) is 12.1 Å². The van der Waals surface area contributed by atoms with Crippen LogP contribution in [0.1, 0.15) is 42.5 Å². The van der Waals surface area contributed by atoms with E-state index in [1.807, 2.05) is 27.7 Å². The van der Waals surface area contributed by atoms with Crippen molar-refractivity contribution in [3.63, 3.8) is 0 Å². The molecule has 0 aliphatic heterocycles. The van der Waals surface area contributed by atoms with Gasteiger partial charge in [-0.15, -0.1) is 0 Å². The van der Waals surface area contributed by atoms with Crippen LogP contribution in [0.2, 0.25) is 0 Å². The molecule has 102 valence electrons. The molecule has 0 spiro atoms. The van der Waals surface area contributed by atoms with E-state index in [0.717, 1.165) is 16.7 Å². The zero-order chi connectivity index (χ0) is 14.6. The second-order valence-electron chi connectivity index (χ2n) is 5.40. The fourth-order valence-corrected chi connectivity index (χ4v) is 2.20. The molecule has 0 saturated heterocycles. The van der Waals surface area contributed by atoms with Crippen molar-refractivity contribution >= 4 is 5.91 Å². The van der Waals surface area contributed by atoms with Crippen LogP contribution >= 0.6 is 0 Å². The van der Waals surface area contributed by atoms with Crippen molar-refractivity contribution in [1.29, 1.82) is 5.26 Å². The Hall–Kier alpha value is -1.82. The summed E-state index contributed by atoms with van der Waals surface area (Å²) in [5, 5.41) is 11.9. The molecule has 1 N–H and O–H groups in total. The van der Waals surface area contributed by atoms with Gasteiger partial charge in [0.1, 0.15) is 5.54 Å². The highest BCUT2D eigenvalue weighted by Gasteiger charge is 2.23. The standard InChI is InChI=1S/C16H22N2O/c1-6-16(5,10-17)18-15(19)9-14-12(3)7-11(2)8-13(14)4/h7-8H,6,9H2,1-5H3,(H,18,19). The summed E-state index contributed by atoms with van der Waals surface area (Å²) in [7, 11) is 0. The Bertz CT molecular complexity index is 505. The number of hydrogen-bond donors (Lipinski definition) is 1. The second kappa shape index (κ2) is 5.88. The summed E-state index contributed by atoms with van der Waals surface area (Å²) in [5.74, 6) is -0.0963. The summed E-state index contributed by atoms with van der Waals surface area (Å²) in [4.78, 5) is 12.1. The average molecular weight is 258 g/mol. The van der Waals surface area contributed by atoms with Gasteiger partial charge in [-0.1, -0.05) is 24.6 Å². The molecule has 1 atom stereocenters. The monoisotopic (exact) mass is 258 g/mol. The normalized spacial score (nSPS) is 13.5. The first-order valence-corrected chi connectivity index (χ1v) is 6.60. The van der Waals surface area contributed by atoms with Crippen LogP contribution < -0.4 is 5.32 Å². The van der Waals surface area contributed by atoms with Crippen LogP contribution in [0, 0.1) is 32.1 Å². The lowest BCUT2D eigenvalue weighted by molar-refractivity contribution is -0.121. The number of nitrogens with zero attached hydrogens (tertiary/aromatic N) is 1. The molecule has 0 heterocycles. The number of rotatable bonds is 4. The second-order valence-corrected chi connectivity index (χ2v) is 5.40. The van der Waals surface area contributed by atoms with Crippen LogP contribution in [0.4, 0.5) is 0 Å². The lowest BCUT2D eigenvalue weighted by atomic mass is 9.96. The van der Waals surface area contributed by atoms with E-state index in [2.05, 4.69) is 23.5 Å². The number of aryl methyl sites for hydroxylation is 3. The molecule has 3 nitrogen and oxygen atoms in total. The Balaban J connectivity index is 2.87. The van der Waals surface area contributed by atoms with E-state index in [9.17, 15) is 4.79 Å². The fraction of sp³-hybridized carbons (Fsp3) is 0.500. The van der Waals surface area contributed by atoms with Gasteiger partial charge in [-0.2, -0.15) is 5.26 Å². The van der Waals surface area contributed by atoms with Gasteiger partial charge in [-0.05, 0) is 50.8 Å². The van der Waals surface area contributed by atoms with Gasteiger partial charge in [0.05, 0.1) is 12.5 Å². The molecular formula is C16H22N2O. The molecule has 1 aromatic rings. The predicted octanol–water partition coefficient (Wildman–Crippen LogP) is 2.96. The van der Waals surface area contributed by atoms with Crippen LogP contribution in [-0.4, -0.2) is 11.4 Å². The fourth-order valence-electron chi connectivity index (χ4n) is 2.20. The molecule has 0 aliphatic carbocycles. The van der Waals surface area contributed by atoms with Gasteiger partial charge >= 0.3 is 0 Å². The number of amides is 1. The maximum atomic E-state index is 12.1. The summed E-state index contributed by atoms with van der Waals surface area (Å²) in [6.45, 7) is 9.73. The number of benzene rings is 1. The molecule has 1 amide bonds. The van der Waals surface area contributed by atoms with Crippen LogP contribution in [-0.2, 0) is 11.2 Å². The van der Waals surface area contributed by atoms with Gasteiger partial charge in [0.2, 0.25) is 5.91 Å². The highest BCUT2D eigenvalue weighted by atomic mass is 16.1. The van der Waals surface area contributed by atoms with Crippen molar-refractivity contribution in [3.8, 4) is 6.07 Å². The molecule has 19 heavy (non-hydrogen) atoms. The van der Waals surface area contributed by atoms with Crippen molar-refractivity contribution in [1.82, 2.24) is 5.32 Å². The minimum absolute atomic E-state index is 0.0963. The van der Waals surface area contributed by atoms with Crippen molar-refractivity contribution in [2.45, 2.75) is 53.0 Å². The van der Waals surface area contributed by atoms with Crippen molar-refractivity contribution in [2.75, 3.05) is 0 Å². The molecule has 0 aromatic heterocycles. The van der Waals surface area contributed by atoms with Crippen LogP contribution in [0.5, 0.6) is 0 Å². The summed E-state index contributed by atoms with van der Waals surface area (Å²) in [6, 6.07) is 6.32. The summed E-state index contributed by atoms with van der Waals surface area (Å²) in [5.41, 5.74) is 3.74. The number of hydrogen-bond acceptors (Lipinski definition) is 2. The lowest BCUT2D eigenvalue weighted by Gasteiger charge is -2.22. The van der Waals surface area contributed by atoms with Crippen LogP contribution in [0.3, 0.4) is 0 Å². The molecule has 0 radical (unpaired) electrons. The zero-order valence-electron chi connectivity index (χ0n) is 12.4. The highest BCUT2D eigenvalue weighted by molar-refractivity contribution is 5.80. The molecule has 3 heteroatoms. The lowest BCUT2D eigenvalue weighted by Crippen LogP contribution is -2.45. The first-order chi connectivity index (χ1) is 8.81. The summed E-state index contributed by atoms with van der Waals surface area (Å²) in [6.07, 6.45) is 0.927. The average Bonchev–Trinajstić information content (AvgIpc) is 2.33. The van der Waals surface area contributed by atoms with E-state index in [1.54, 1.807) is 6.92 Å². The van der Waals surface area contributed by atoms with Gasteiger partial charge in [0, 0.05) is 0 Å². The number of nitriles is 1.